The van der Waals surface area contributed by atoms with Gasteiger partial charge in [-0.2, -0.15) is 0 Å². The van der Waals surface area contributed by atoms with Crippen LogP contribution in [-0.4, -0.2) is 39.5 Å². The molecule has 0 heterocycles. The van der Waals surface area contributed by atoms with Crippen molar-refractivity contribution in [1.29, 1.82) is 0 Å². The topological polar surface area (TPSA) is 86.5 Å². The SMILES string of the molecule is CS(=O)(=O)SCCOC(=O)CN. The molecule has 0 aliphatic heterocycles. The highest BCUT2D eigenvalue weighted by Crippen LogP contribution is 2.08. The monoisotopic (exact) mass is 213 g/mol. The van der Waals surface area contributed by atoms with Crippen molar-refractivity contribution < 1.29 is 17.9 Å². The lowest BCUT2D eigenvalue weighted by atomic mass is 10.7. The highest BCUT2D eigenvalue weighted by atomic mass is 33.1. The quantitative estimate of drug-likeness (QED) is 0.365. The van der Waals surface area contributed by atoms with Gasteiger partial charge in [-0.3, -0.25) is 4.79 Å². The predicted octanol–water partition coefficient (Wildman–Crippen LogP) is -0.819. The molecule has 0 atom stereocenters. The van der Waals surface area contributed by atoms with Crippen LogP contribution in [0.25, 0.3) is 0 Å². The standard InChI is InChI=1S/C5H11NO4S2/c1-12(8,9)11-3-2-10-5(7)4-6/h2-4,6H2,1H3. The molecule has 5 nitrogen and oxygen atoms in total. The lowest BCUT2D eigenvalue weighted by Gasteiger charge is -2.00. The Labute approximate surface area is 75.0 Å². The molecule has 0 unspecified atom stereocenters. The van der Waals surface area contributed by atoms with Gasteiger partial charge in [0.2, 0.25) is 0 Å². The van der Waals surface area contributed by atoms with E-state index in [1.807, 2.05) is 0 Å². The fraction of sp³-hybridized carbons (Fsp3) is 0.800. The average Bonchev–Trinajstić information content (AvgIpc) is 1.96. The highest BCUT2D eigenvalue weighted by Gasteiger charge is 2.03. The van der Waals surface area contributed by atoms with Crippen molar-refractivity contribution in [2.75, 3.05) is 25.2 Å². The van der Waals surface area contributed by atoms with E-state index in [-0.39, 0.29) is 18.9 Å². The summed E-state index contributed by atoms with van der Waals surface area (Å²) in [5, 5.41) is 0. The van der Waals surface area contributed by atoms with E-state index in [1.165, 1.54) is 0 Å². The lowest BCUT2D eigenvalue weighted by Crippen LogP contribution is -2.18. The molecule has 0 bridgehead atoms. The molecule has 0 rings (SSSR count). The Bertz CT molecular complexity index is 236. The van der Waals surface area contributed by atoms with E-state index in [2.05, 4.69) is 4.74 Å². The Morgan fingerprint density at radius 2 is 2.17 bits per heavy atom. The third-order valence-corrected chi connectivity index (χ3v) is 3.36. The van der Waals surface area contributed by atoms with Crippen LogP contribution in [-0.2, 0) is 18.4 Å². The number of carbonyl (C=O) groups excluding carboxylic acids is 1. The van der Waals surface area contributed by atoms with Crippen LogP contribution in [0.15, 0.2) is 0 Å². The number of hydrogen-bond donors (Lipinski definition) is 1. The minimum atomic E-state index is -3.03. The van der Waals surface area contributed by atoms with Gasteiger partial charge in [0.15, 0.2) is 8.87 Å². The maximum Gasteiger partial charge on any atom is 0.319 e. The van der Waals surface area contributed by atoms with Gasteiger partial charge in [0.25, 0.3) is 0 Å². The maximum absolute atomic E-state index is 10.5. The van der Waals surface area contributed by atoms with Gasteiger partial charge in [0.05, 0.1) is 6.54 Å². The van der Waals surface area contributed by atoms with Crippen molar-refractivity contribution in [1.82, 2.24) is 0 Å². The molecule has 0 saturated heterocycles. The number of carbonyl (C=O) groups is 1. The summed E-state index contributed by atoms with van der Waals surface area (Å²) in [5.74, 6) is -0.283. The van der Waals surface area contributed by atoms with Crippen LogP contribution in [0, 0.1) is 0 Å². The van der Waals surface area contributed by atoms with E-state index in [0.29, 0.717) is 0 Å². The van der Waals surface area contributed by atoms with Crippen molar-refractivity contribution in [2.45, 2.75) is 0 Å². The molecular weight excluding hydrogens is 202 g/mol. The maximum atomic E-state index is 10.5. The highest BCUT2D eigenvalue weighted by molar-refractivity contribution is 8.71. The van der Waals surface area contributed by atoms with E-state index >= 15 is 0 Å². The molecule has 12 heavy (non-hydrogen) atoms. The molecular formula is C5H11NO4S2. The van der Waals surface area contributed by atoms with E-state index in [1.54, 1.807) is 0 Å². The lowest BCUT2D eigenvalue weighted by molar-refractivity contribution is -0.141. The first-order chi connectivity index (χ1) is 5.45. The van der Waals surface area contributed by atoms with Crippen LogP contribution in [0.3, 0.4) is 0 Å². The van der Waals surface area contributed by atoms with Crippen molar-refractivity contribution in [2.24, 2.45) is 5.73 Å². The van der Waals surface area contributed by atoms with Gasteiger partial charge < -0.3 is 10.5 Å². The third kappa shape index (κ3) is 7.83. The fourth-order valence-corrected chi connectivity index (χ4v) is 1.97. The minimum absolute atomic E-state index is 0.0772. The molecule has 0 aromatic carbocycles. The summed E-state index contributed by atoms with van der Waals surface area (Å²) in [6, 6.07) is 0. The molecule has 7 heteroatoms. The number of esters is 1. The summed E-state index contributed by atoms with van der Waals surface area (Å²) in [5.41, 5.74) is 4.94. The largest absolute Gasteiger partial charge is 0.464 e. The molecule has 2 N–H and O–H groups in total. The first-order valence-electron chi connectivity index (χ1n) is 3.16. The van der Waals surface area contributed by atoms with Crippen LogP contribution in [0.4, 0.5) is 0 Å². The van der Waals surface area contributed by atoms with Gasteiger partial charge >= 0.3 is 5.97 Å². The molecule has 0 aromatic rings. The van der Waals surface area contributed by atoms with Crippen molar-refractivity contribution >= 4 is 25.6 Å². The summed E-state index contributed by atoms with van der Waals surface area (Å²) in [6.45, 7) is -0.0999. The Kier molecular flexibility index (Phi) is 5.27. The summed E-state index contributed by atoms with van der Waals surface area (Å²) < 4.78 is 25.6. The van der Waals surface area contributed by atoms with E-state index in [0.717, 1.165) is 17.0 Å². The van der Waals surface area contributed by atoms with Crippen LogP contribution in [0.1, 0.15) is 0 Å². The molecule has 0 spiro atoms. The Balaban J connectivity index is 3.40. The Hall–Kier alpha value is -0.270. The van der Waals surface area contributed by atoms with Gasteiger partial charge in [-0.1, -0.05) is 0 Å². The second-order valence-electron chi connectivity index (χ2n) is 1.95. The van der Waals surface area contributed by atoms with Crippen molar-refractivity contribution in [3.8, 4) is 0 Å². The number of ether oxygens (including phenoxy) is 1. The molecule has 0 aliphatic rings. The second kappa shape index (κ2) is 5.39. The van der Waals surface area contributed by atoms with E-state index < -0.39 is 14.8 Å². The van der Waals surface area contributed by atoms with Gasteiger partial charge in [-0.25, -0.2) is 8.42 Å². The van der Waals surface area contributed by atoms with Gasteiger partial charge in [-0.15, -0.1) is 0 Å². The predicted molar refractivity (Wildman–Crippen MR) is 47.3 cm³/mol. The van der Waals surface area contributed by atoms with E-state index in [9.17, 15) is 13.2 Å². The minimum Gasteiger partial charge on any atom is -0.464 e. The molecule has 0 fully saturated rings. The summed E-state index contributed by atoms with van der Waals surface area (Å²) in [6.07, 6.45) is 1.10. The summed E-state index contributed by atoms with van der Waals surface area (Å²) >= 11 is 0. The van der Waals surface area contributed by atoms with Gasteiger partial charge in [-0.05, 0) is 10.8 Å². The number of hydrogen-bond acceptors (Lipinski definition) is 6. The Morgan fingerprint density at radius 3 is 2.58 bits per heavy atom. The van der Waals surface area contributed by atoms with E-state index in [4.69, 9.17) is 5.73 Å². The molecule has 0 radical (unpaired) electrons. The zero-order valence-electron chi connectivity index (χ0n) is 6.65. The smallest absolute Gasteiger partial charge is 0.319 e. The molecule has 72 valence electrons. The first kappa shape index (κ1) is 11.7. The number of nitrogens with two attached hydrogens (primary N) is 1. The van der Waals surface area contributed by atoms with Gasteiger partial charge in [0.1, 0.15) is 6.61 Å². The Morgan fingerprint density at radius 1 is 1.58 bits per heavy atom. The summed E-state index contributed by atoms with van der Waals surface area (Å²) in [4.78, 5) is 10.4. The molecule has 0 amide bonds. The average molecular weight is 213 g/mol. The first-order valence-corrected chi connectivity index (χ1v) is 6.55. The van der Waals surface area contributed by atoms with Gasteiger partial charge in [0, 0.05) is 12.0 Å². The zero-order chi connectivity index (χ0) is 9.61. The summed E-state index contributed by atoms with van der Waals surface area (Å²) in [7, 11) is -2.29. The van der Waals surface area contributed by atoms with Crippen LogP contribution < -0.4 is 5.73 Å². The van der Waals surface area contributed by atoms with Crippen molar-refractivity contribution in [3.05, 3.63) is 0 Å². The molecule has 0 aromatic heterocycles. The molecule has 0 aliphatic carbocycles. The third-order valence-electron chi connectivity index (χ3n) is 0.810. The zero-order valence-corrected chi connectivity index (χ0v) is 8.28. The van der Waals surface area contributed by atoms with Crippen LogP contribution in [0.2, 0.25) is 0 Å². The molecule has 0 saturated carbocycles. The van der Waals surface area contributed by atoms with Crippen LogP contribution in [0.5, 0.6) is 0 Å². The second-order valence-corrected chi connectivity index (χ2v) is 6.53. The van der Waals surface area contributed by atoms with Crippen molar-refractivity contribution in [3.63, 3.8) is 0 Å². The normalized spacial score (nSPS) is 11.2. The fourth-order valence-electron chi connectivity index (χ4n) is 0.400. The van der Waals surface area contributed by atoms with Crippen LogP contribution >= 0.6 is 10.8 Å². The number of rotatable bonds is 5.